The van der Waals surface area contributed by atoms with Crippen LogP contribution in [0.1, 0.15) is 31.8 Å². The summed E-state index contributed by atoms with van der Waals surface area (Å²) in [5, 5.41) is 28.0. The minimum atomic E-state index is -5.09. The maximum Gasteiger partial charge on any atom is 0.423 e. The Morgan fingerprint density at radius 2 is 1.43 bits per heavy atom. The van der Waals surface area contributed by atoms with Crippen molar-refractivity contribution < 1.29 is 38.1 Å². The summed E-state index contributed by atoms with van der Waals surface area (Å²) in [7, 11) is 0. The Kier molecular flexibility index (Phi) is 4.00. The number of benzene rings is 2. The quantitative estimate of drug-likeness (QED) is 0.754. The Hall–Kier alpha value is -3.03. The van der Waals surface area contributed by atoms with Crippen LogP contribution in [0.4, 0.5) is 13.2 Å². The van der Waals surface area contributed by atoms with Crippen molar-refractivity contribution >= 4 is 11.8 Å². The highest BCUT2D eigenvalue weighted by Gasteiger charge is 2.39. The third kappa shape index (κ3) is 2.96. The predicted molar refractivity (Wildman–Crippen MR) is 71.6 cm³/mol. The number of alkyl halides is 3. The van der Waals surface area contributed by atoms with Gasteiger partial charge in [0.25, 0.3) is 0 Å². The first-order valence-electron chi connectivity index (χ1n) is 6.13. The SMILES string of the molecule is O=C(O)c1ccccc1C(=O)c1ccc(O)c(C(F)(F)F)c1O. The summed E-state index contributed by atoms with van der Waals surface area (Å²) in [5.74, 6) is -5.24. The smallest absolute Gasteiger partial charge is 0.423 e. The van der Waals surface area contributed by atoms with E-state index in [1.165, 1.54) is 12.1 Å². The maximum atomic E-state index is 12.8. The van der Waals surface area contributed by atoms with Gasteiger partial charge in [0, 0.05) is 5.56 Å². The highest BCUT2D eigenvalue weighted by molar-refractivity contribution is 6.15. The normalized spacial score (nSPS) is 11.3. The lowest BCUT2D eigenvalue weighted by Crippen LogP contribution is -2.12. The first kappa shape index (κ1) is 16.3. The lowest BCUT2D eigenvalue weighted by atomic mass is 9.95. The lowest BCUT2D eigenvalue weighted by Gasteiger charge is -2.14. The average Bonchev–Trinajstić information content (AvgIpc) is 2.45. The van der Waals surface area contributed by atoms with Crippen LogP contribution in [0.25, 0.3) is 0 Å². The maximum absolute atomic E-state index is 12.8. The zero-order valence-corrected chi connectivity index (χ0v) is 11.3. The number of hydrogen-bond acceptors (Lipinski definition) is 4. The topological polar surface area (TPSA) is 94.8 Å². The van der Waals surface area contributed by atoms with E-state index < -0.39 is 46.1 Å². The second-order valence-electron chi connectivity index (χ2n) is 4.53. The van der Waals surface area contributed by atoms with Crippen LogP contribution >= 0.6 is 0 Å². The number of carboxylic acids is 1. The number of carbonyl (C=O) groups is 2. The number of ketones is 1. The van der Waals surface area contributed by atoms with Gasteiger partial charge in [-0.3, -0.25) is 4.79 Å². The van der Waals surface area contributed by atoms with Crippen LogP contribution in [-0.4, -0.2) is 27.1 Å². The third-order valence-corrected chi connectivity index (χ3v) is 3.09. The highest BCUT2D eigenvalue weighted by Crippen LogP contribution is 2.43. The molecule has 0 amide bonds. The van der Waals surface area contributed by atoms with Crippen molar-refractivity contribution in [1.29, 1.82) is 0 Å². The number of phenolic OH excluding ortho intramolecular Hbond substituents is 2. The molecule has 8 heteroatoms. The van der Waals surface area contributed by atoms with E-state index in [1.807, 2.05) is 0 Å². The molecule has 2 aromatic carbocycles. The number of aromatic hydroxyl groups is 2. The van der Waals surface area contributed by atoms with Gasteiger partial charge in [-0.05, 0) is 18.2 Å². The number of aromatic carboxylic acids is 1. The molecule has 23 heavy (non-hydrogen) atoms. The Morgan fingerprint density at radius 1 is 0.870 bits per heavy atom. The number of carboxylic acid groups (broad SMARTS) is 1. The predicted octanol–water partition coefficient (Wildman–Crippen LogP) is 3.05. The molecule has 2 rings (SSSR count). The van der Waals surface area contributed by atoms with E-state index in [2.05, 4.69) is 0 Å². The lowest BCUT2D eigenvalue weighted by molar-refractivity contribution is -0.140. The largest absolute Gasteiger partial charge is 0.507 e. The van der Waals surface area contributed by atoms with Crippen molar-refractivity contribution in [1.82, 2.24) is 0 Å². The zero-order valence-electron chi connectivity index (χ0n) is 11.3. The number of phenols is 2. The molecule has 0 bridgehead atoms. The second-order valence-corrected chi connectivity index (χ2v) is 4.53. The first-order chi connectivity index (χ1) is 10.6. The van der Waals surface area contributed by atoms with Crippen LogP contribution in [0.15, 0.2) is 36.4 Å². The van der Waals surface area contributed by atoms with Gasteiger partial charge in [0.1, 0.15) is 17.1 Å². The number of hydrogen-bond donors (Lipinski definition) is 3. The molecule has 0 heterocycles. The fourth-order valence-corrected chi connectivity index (χ4v) is 2.06. The van der Waals surface area contributed by atoms with Gasteiger partial charge in [0.2, 0.25) is 0 Å². The van der Waals surface area contributed by atoms with Gasteiger partial charge in [-0.15, -0.1) is 0 Å². The van der Waals surface area contributed by atoms with Gasteiger partial charge in [0.15, 0.2) is 5.78 Å². The van der Waals surface area contributed by atoms with Crippen LogP contribution in [0.5, 0.6) is 11.5 Å². The van der Waals surface area contributed by atoms with Gasteiger partial charge >= 0.3 is 12.1 Å². The van der Waals surface area contributed by atoms with Crippen LogP contribution in [0.2, 0.25) is 0 Å². The molecular weight excluding hydrogens is 317 g/mol. The van der Waals surface area contributed by atoms with E-state index in [-0.39, 0.29) is 5.56 Å². The summed E-state index contributed by atoms with van der Waals surface area (Å²) in [5.41, 5.74) is -3.31. The fourth-order valence-electron chi connectivity index (χ4n) is 2.06. The minimum absolute atomic E-state index is 0.380. The number of rotatable bonds is 3. The molecule has 0 fully saturated rings. The molecule has 0 aliphatic rings. The summed E-state index contributed by atoms with van der Waals surface area (Å²) < 4.78 is 38.5. The van der Waals surface area contributed by atoms with Crippen molar-refractivity contribution in [2.45, 2.75) is 6.18 Å². The first-order valence-corrected chi connectivity index (χ1v) is 6.13. The summed E-state index contributed by atoms with van der Waals surface area (Å²) in [6.45, 7) is 0. The van der Waals surface area contributed by atoms with Gasteiger partial charge in [-0.25, -0.2) is 4.79 Å². The van der Waals surface area contributed by atoms with Crippen molar-refractivity contribution in [3.8, 4) is 11.5 Å². The number of carbonyl (C=O) groups excluding carboxylic acids is 1. The molecule has 3 N–H and O–H groups in total. The molecule has 5 nitrogen and oxygen atoms in total. The molecule has 0 radical (unpaired) electrons. The van der Waals surface area contributed by atoms with E-state index >= 15 is 0 Å². The minimum Gasteiger partial charge on any atom is -0.507 e. The van der Waals surface area contributed by atoms with E-state index in [0.717, 1.165) is 18.2 Å². The molecule has 0 saturated heterocycles. The summed E-state index contributed by atoms with van der Waals surface area (Å²) in [4.78, 5) is 23.4. The van der Waals surface area contributed by atoms with Gasteiger partial charge in [-0.1, -0.05) is 18.2 Å². The van der Waals surface area contributed by atoms with Crippen molar-refractivity contribution in [3.63, 3.8) is 0 Å². The summed E-state index contributed by atoms with van der Waals surface area (Å²) >= 11 is 0. The van der Waals surface area contributed by atoms with Crippen LogP contribution in [0.3, 0.4) is 0 Å². The molecule has 0 atom stereocenters. The second kappa shape index (κ2) is 5.64. The highest BCUT2D eigenvalue weighted by atomic mass is 19.4. The summed E-state index contributed by atoms with van der Waals surface area (Å²) in [6, 6.07) is 6.31. The molecule has 0 aliphatic heterocycles. The van der Waals surface area contributed by atoms with Crippen molar-refractivity contribution in [3.05, 3.63) is 58.7 Å². The van der Waals surface area contributed by atoms with Crippen LogP contribution < -0.4 is 0 Å². The van der Waals surface area contributed by atoms with E-state index in [4.69, 9.17) is 5.11 Å². The van der Waals surface area contributed by atoms with Crippen LogP contribution in [-0.2, 0) is 6.18 Å². The molecule has 2 aromatic rings. The number of halogens is 3. The monoisotopic (exact) mass is 326 g/mol. The van der Waals surface area contributed by atoms with Gasteiger partial charge < -0.3 is 15.3 Å². The molecular formula is C15H9F3O5. The van der Waals surface area contributed by atoms with Crippen LogP contribution in [0, 0.1) is 0 Å². The third-order valence-electron chi connectivity index (χ3n) is 3.09. The Balaban J connectivity index is 2.65. The zero-order chi connectivity index (χ0) is 17.4. The molecule has 0 aliphatic carbocycles. The van der Waals surface area contributed by atoms with E-state index in [9.17, 15) is 33.0 Å². The van der Waals surface area contributed by atoms with Crippen molar-refractivity contribution in [2.24, 2.45) is 0 Å². The molecule has 0 spiro atoms. The Bertz CT molecular complexity index is 796. The van der Waals surface area contributed by atoms with Gasteiger partial charge in [-0.2, -0.15) is 13.2 Å². The fraction of sp³-hybridized carbons (Fsp3) is 0.0667. The van der Waals surface area contributed by atoms with Gasteiger partial charge in [0.05, 0.1) is 11.1 Å². The van der Waals surface area contributed by atoms with Crippen molar-refractivity contribution in [2.75, 3.05) is 0 Å². The van der Waals surface area contributed by atoms with E-state index in [0.29, 0.717) is 6.07 Å². The Morgan fingerprint density at radius 3 is 1.96 bits per heavy atom. The molecule has 0 saturated carbocycles. The average molecular weight is 326 g/mol. The molecule has 0 aromatic heterocycles. The summed E-state index contributed by atoms with van der Waals surface area (Å²) in [6.07, 6.45) is -5.09. The molecule has 0 unspecified atom stereocenters. The van der Waals surface area contributed by atoms with E-state index in [1.54, 1.807) is 0 Å². The standard InChI is InChI=1S/C15H9F3O5/c16-15(17,18)11-10(19)6-5-9(13(11)21)12(20)7-3-1-2-4-8(7)14(22)23/h1-6,19,21H,(H,22,23). The molecule has 120 valence electrons. The Labute approximate surface area is 127 Å².